The van der Waals surface area contributed by atoms with Crippen LogP contribution in [0.25, 0.3) is 0 Å². The zero-order chi connectivity index (χ0) is 8.81. The molecule has 3 heteroatoms. The zero-order valence-electron chi connectivity index (χ0n) is 6.87. The van der Waals surface area contributed by atoms with Crippen molar-refractivity contribution in [3.05, 3.63) is 24.3 Å². The highest BCUT2D eigenvalue weighted by molar-refractivity contribution is 7.98. The number of anilines is 1. The highest BCUT2D eigenvalue weighted by Crippen LogP contribution is 2.23. The van der Waals surface area contributed by atoms with E-state index in [0.717, 1.165) is 5.69 Å². The van der Waals surface area contributed by atoms with Crippen LogP contribution < -0.4 is 5.32 Å². The Labute approximate surface area is 76.6 Å². The predicted octanol–water partition coefficient (Wildman–Crippen LogP) is 2.34. The Hall–Kier alpha value is -1.14. The van der Waals surface area contributed by atoms with Gasteiger partial charge < -0.3 is 5.32 Å². The average Bonchev–Trinajstić information content (AvgIpc) is 2.15. The minimum absolute atomic E-state index is 0.359. The van der Waals surface area contributed by atoms with Crippen molar-refractivity contribution in [2.75, 3.05) is 18.1 Å². The maximum atomic E-state index is 8.37. The molecular formula is C9H10N2S. The third-order valence-corrected chi connectivity index (χ3v) is 2.26. The average molecular weight is 178 g/mol. The Morgan fingerprint density at radius 3 is 2.92 bits per heavy atom. The first kappa shape index (κ1) is 8.95. The molecule has 0 unspecified atom stereocenters. The third-order valence-electron chi connectivity index (χ3n) is 1.46. The smallest absolute Gasteiger partial charge is 0.103 e. The molecule has 0 heterocycles. The molecule has 1 aromatic rings. The summed E-state index contributed by atoms with van der Waals surface area (Å²) in [4.78, 5) is 1.17. The number of rotatable bonds is 3. The molecule has 0 aliphatic carbocycles. The molecule has 0 saturated carbocycles. The highest BCUT2D eigenvalue weighted by atomic mass is 32.2. The van der Waals surface area contributed by atoms with E-state index in [2.05, 4.69) is 5.32 Å². The minimum Gasteiger partial charge on any atom is -0.371 e. The SMILES string of the molecule is CSc1ccccc1NCC#N. The lowest BCUT2D eigenvalue weighted by molar-refractivity contribution is 1.28. The normalized spacial score (nSPS) is 9.00. The van der Waals surface area contributed by atoms with E-state index in [1.807, 2.05) is 36.6 Å². The summed E-state index contributed by atoms with van der Waals surface area (Å²) in [6.45, 7) is 0.359. The van der Waals surface area contributed by atoms with Crippen molar-refractivity contribution in [1.82, 2.24) is 0 Å². The molecule has 0 spiro atoms. The number of thioether (sulfide) groups is 1. The Bertz CT molecular complexity index is 291. The summed E-state index contributed by atoms with van der Waals surface area (Å²) in [5, 5.41) is 11.4. The predicted molar refractivity (Wildman–Crippen MR) is 52.3 cm³/mol. The molecule has 0 aliphatic heterocycles. The van der Waals surface area contributed by atoms with Gasteiger partial charge >= 0.3 is 0 Å². The maximum Gasteiger partial charge on any atom is 0.103 e. The van der Waals surface area contributed by atoms with Crippen molar-refractivity contribution in [3.63, 3.8) is 0 Å². The Morgan fingerprint density at radius 2 is 2.25 bits per heavy atom. The molecule has 62 valence electrons. The monoisotopic (exact) mass is 178 g/mol. The van der Waals surface area contributed by atoms with E-state index in [1.165, 1.54) is 4.90 Å². The molecule has 0 aromatic heterocycles. The van der Waals surface area contributed by atoms with Crippen molar-refractivity contribution >= 4 is 17.4 Å². The second kappa shape index (κ2) is 4.68. The van der Waals surface area contributed by atoms with Gasteiger partial charge in [-0.05, 0) is 18.4 Å². The maximum absolute atomic E-state index is 8.37. The second-order valence-corrected chi connectivity index (χ2v) is 3.06. The lowest BCUT2D eigenvalue weighted by atomic mass is 10.3. The van der Waals surface area contributed by atoms with Crippen LogP contribution in [0.4, 0.5) is 5.69 Å². The molecule has 0 radical (unpaired) electrons. The van der Waals surface area contributed by atoms with Crippen molar-refractivity contribution in [2.24, 2.45) is 0 Å². The quantitative estimate of drug-likeness (QED) is 0.570. The number of benzene rings is 1. The van der Waals surface area contributed by atoms with Crippen LogP contribution in [0, 0.1) is 11.3 Å². The van der Waals surface area contributed by atoms with Gasteiger partial charge in [-0.1, -0.05) is 12.1 Å². The summed E-state index contributed by atoms with van der Waals surface area (Å²) >= 11 is 1.67. The van der Waals surface area contributed by atoms with Crippen LogP contribution in [0.2, 0.25) is 0 Å². The molecule has 0 saturated heterocycles. The highest BCUT2D eigenvalue weighted by Gasteiger charge is 1.96. The molecule has 0 atom stereocenters. The van der Waals surface area contributed by atoms with Crippen LogP contribution in [0.5, 0.6) is 0 Å². The summed E-state index contributed by atoms with van der Waals surface area (Å²) in [6.07, 6.45) is 2.02. The summed E-state index contributed by atoms with van der Waals surface area (Å²) in [5.74, 6) is 0. The number of hydrogen-bond acceptors (Lipinski definition) is 3. The Kier molecular flexibility index (Phi) is 3.49. The van der Waals surface area contributed by atoms with Crippen molar-refractivity contribution in [2.45, 2.75) is 4.90 Å². The number of nitrogens with zero attached hydrogens (tertiary/aromatic N) is 1. The van der Waals surface area contributed by atoms with E-state index in [4.69, 9.17) is 5.26 Å². The lowest BCUT2D eigenvalue weighted by Gasteiger charge is -2.05. The minimum atomic E-state index is 0.359. The number of nitrogens with one attached hydrogen (secondary N) is 1. The van der Waals surface area contributed by atoms with Crippen LogP contribution in [-0.2, 0) is 0 Å². The summed E-state index contributed by atoms with van der Waals surface area (Å²) in [7, 11) is 0. The van der Waals surface area contributed by atoms with Crippen molar-refractivity contribution < 1.29 is 0 Å². The van der Waals surface area contributed by atoms with Gasteiger partial charge in [0.15, 0.2) is 0 Å². The third kappa shape index (κ3) is 2.18. The van der Waals surface area contributed by atoms with Gasteiger partial charge in [0.2, 0.25) is 0 Å². The van der Waals surface area contributed by atoms with Gasteiger partial charge in [-0.3, -0.25) is 0 Å². The zero-order valence-corrected chi connectivity index (χ0v) is 7.69. The summed E-state index contributed by atoms with van der Waals surface area (Å²) < 4.78 is 0. The fourth-order valence-electron chi connectivity index (χ4n) is 0.925. The van der Waals surface area contributed by atoms with E-state index in [0.29, 0.717) is 6.54 Å². The van der Waals surface area contributed by atoms with Gasteiger partial charge in [0.1, 0.15) is 6.54 Å². The Morgan fingerprint density at radius 1 is 1.50 bits per heavy atom. The molecule has 0 fully saturated rings. The van der Waals surface area contributed by atoms with E-state index in [1.54, 1.807) is 11.8 Å². The number of hydrogen-bond donors (Lipinski definition) is 1. The fraction of sp³-hybridized carbons (Fsp3) is 0.222. The van der Waals surface area contributed by atoms with Gasteiger partial charge in [-0.15, -0.1) is 11.8 Å². The van der Waals surface area contributed by atoms with E-state index >= 15 is 0 Å². The van der Waals surface area contributed by atoms with Gasteiger partial charge in [-0.25, -0.2) is 0 Å². The molecule has 1 rings (SSSR count). The molecule has 0 aliphatic rings. The van der Waals surface area contributed by atoms with E-state index in [9.17, 15) is 0 Å². The number of para-hydroxylation sites is 1. The van der Waals surface area contributed by atoms with Crippen molar-refractivity contribution in [1.29, 1.82) is 5.26 Å². The largest absolute Gasteiger partial charge is 0.371 e. The Balaban J connectivity index is 2.76. The number of nitriles is 1. The molecule has 1 aromatic carbocycles. The van der Waals surface area contributed by atoms with Gasteiger partial charge in [-0.2, -0.15) is 5.26 Å². The first-order chi connectivity index (χ1) is 5.88. The lowest BCUT2D eigenvalue weighted by Crippen LogP contribution is -1.98. The first-order valence-electron chi connectivity index (χ1n) is 3.62. The summed E-state index contributed by atoms with van der Waals surface area (Å²) in [5.41, 5.74) is 1.03. The fourth-order valence-corrected chi connectivity index (χ4v) is 1.50. The first-order valence-corrected chi connectivity index (χ1v) is 4.85. The topological polar surface area (TPSA) is 35.8 Å². The molecule has 0 amide bonds. The summed E-state index contributed by atoms with van der Waals surface area (Å²) in [6, 6.07) is 10.0. The second-order valence-electron chi connectivity index (χ2n) is 2.21. The van der Waals surface area contributed by atoms with Crippen LogP contribution in [0.3, 0.4) is 0 Å². The van der Waals surface area contributed by atoms with E-state index < -0.39 is 0 Å². The molecule has 12 heavy (non-hydrogen) atoms. The van der Waals surface area contributed by atoms with Crippen molar-refractivity contribution in [3.8, 4) is 6.07 Å². The van der Waals surface area contributed by atoms with E-state index in [-0.39, 0.29) is 0 Å². The molecule has 0 bridgehead atoms. The molecule has 1 N–H and O–H groups in total. The van der Waals surface area contributed by atoms with Gasteiger partial charge in [0.05, 0.1) is 6.07 Å². The van der Waals surface area contributed by atoms with Crippen LogP contribution in [0.1, 0.15) is 0 Å². The molecule has 2 nitrogen and oxygen atoms in total. The standard InChI is InChI=1S/C9H10N2S/c1-12-9-5-3-2-4-8(9)11-7-6-10/h2-5,11H,7H2,1H3. The van der Waals surface area contributed by atoms with Gasteiger partial charge in [0.25, 0.3) is 0 Å². The van der Waals surface area contributed by atoms with Crippen LogP contribution in [0.15, 0.2) is 29.2 Å². The van der Waals surface area contributed by atoms with Gasteiger partial charge in [0, 0.05) is 10.6 Å². The van der Waals surface area contributed by atoms with Crippen LogP contribution >= 0.6 is 11.8 Å². The van der Waals surface area contributed by atoms with Crippen LogP contribution in [-0.4, -0.2) is 12.8 Å². The molecular weight excluding hydrogens is 168 g/mol.